The van der Waals surface area contributed by atoms with Crippen LogP contribution in [0.1, 0.15) is 36.0 Å². The van der Waals surface area contributed by atoms with Crippen molar-refractivity contribution in [2.24, 2.45) is 5.92 Å². The molecule has 3 aromatic carbocycles. The molecule has 0 amide bonds. The lowest BCUT2D eigenvalue weighted by atomic mass is 9.91. The smallest absolute Gasteiger partial charge is 0.261 e. The third-order valence-corrected chi connectivity index (χ3v) is 8.89. The molecule has 4 aromatic rings. The number of aromatic nitrogens is 2. The molecule has 202 valence electrons. The molecule has 2 heterocycles. The SMILES string of the molecule is C[C@H]1[C@@H](CSc2ncccn2)O[C@@H](c2ccc(NS(=O)(=O)c3ccccc3)cc2)O[C@H]1c1ccc(CO)cc1. The molecule has 0 saturated carbocycles. The van der Waals surface area contributed by atoms with Gasteiger partial charge in [-0.2, -0.15) is 0 Å². The highest BCUT2D eigenvalue weighted by Gasteiger charge is 2.38. The minimum absolute atomic E-state index is 0.0226. The summed E-state index contributed by atoms with van der Waals surface area (Å²) < 4.78 is 41.0. The Morgan fingerprint density at radius 1 is 0.872 bits per heavy atom. The Morgan fingerprint density at radius 2 is 1.54 bits per heavy atom. The molecule has 2 N–H and O–H groups in total. The van der Waals surface area contributed by atoms with E-state index in [1.54, 1.807) is 73.1 Å². The second kappa shape index (κ2) is 12.3. The summed E-state index contributed by atoms with van der Waals surface area (Å²) in [5.74, 6) is 0.653. The number of anilines is 1. The van der Waals surface area contributed by atoms with E-state index < -0.39 is 16.3 Å². The maximum absolute atomic E-state index is 12.7. The highest BCUT2D eigenvalue weighted by molar-refractivity contribution is 7.99. The van der Waals surface area contributed by atoms with Crippen molar-refractivity contribution in [1.82, 2.24) is 9.97 Å². The van der Waals surface area contributed by atoms with Crippen LogP contribution in [0.4, 0.5) is 5.69 Å². The number of sulfonamides is 1. The normalized spacial score (nSPS) is 21.4. The van der Waals surface area contributed by atoms with E-state index in [2.05, 4.69) is 21.6 Å². The van der Waals surface area contributed by atoms with E-state index in [1.807, 2.05) is 24.3 Å². The number of nitrogens with one attached hydrogen (secondary N) is 1. The van der Waals surface area contributed by atoms with Gasteiger partial charge in [0.25, 0.3) is 10.0 Å². The quantitative estimate of drug-likeness (QED) is 0.207. The number of aliphatic hydroxyl groups is 1. The summed E-state index contributed by atoms with van der Waals surface area (Å²) >= 11 is 1.53. The van der Waals surface area contributed by atoms with Crippen LogP contribution in [0, 0.1) is 5.92 Å². The summed E-state index contributed by atoms with van der Waals surface area (Å²) in [6.45, 7) is 2.07. The Labute approximate surface area is 232 Å². The van der Waals surface area contributed by atoms with Crippen molar-refractivity contribution in [3.63, 3.8) is 0 Å². The molecule has 4 atom stereocenters. The number of rotatable bonds is 9. The van der Waals surface area contributed by atoms with Crippen molar-refractivity contribution < 1.29 is 23.0 Å². The van der Waals surface area contributed by atoms with E-state index in [0.29, 0.717) is 16.6 Å². The van der Waals surface area contributed by atoms with Gasteiger partial charge in [0, 0.05) is 35.3 Å². The molecule has 0 bridgehead atoms. The molecule has 0 radical (unpaired) electrons. The first-order valence-electron chi connectivity index (χ1n) is 12.5. The van der Waals surface area contributed by atoms with Gasteiger partial charge in [-0.1, -0.05) is 73.3 Å². The van der Waals surface area contributed by atoms with Crippen molar-refractivity contribution in [2.45, 2.75) is 42.1 Å². The van der Waals surface area contributed by atoms with E-state index in [9.17, 15) is 13.5 Å². The lowest BCUT2D eigenvalue weighted by Crippen LogP contribution is -2.38. The highest BCUT2D eigenvalue weighted by Crippen LogP contribution is 2.43. The van der Waals surface area contributed by atoms with Crippen molar-refractivity contribution in [3.05, 3.63) is 114 Å². The molecule has 5 rings (SSSR count). The van der Waals surface area contributed by atoms with E-state index in [0.717, 1.165) is 16.7 Å². The predicted molar refractivity (Wildman–Crippen MR) is 149 cm³/mol. The van der Waals surface area contributed by atoms with Gasteiger partial charge in [-0.15, -0.1) is 0 Å². The summed E-state index contributed by atoms with van der Waals surface area (Å²) in [7, 11) is -3.70. The van der Waals surface area contributed by atoms with Crippen LogP contribution in [0.5, 0.6) is 0 Å². The molecule has 10 heteroatoms. The van der Waals surface area contributed by atoms with Gasteiger partial charge in [0.15, 0.2) is 11.4 Å². The van der Waals surface area contributed by atoms with E-state index in [4.69, 9.17) is 9.47 Å². The Bertz CT molecular complexity index is 1450. The highest BCUT2D eigenvalue weighted by atomic mass is 32.2. The number of nitrogens with zero attached hydrogens (tertiary/aromatic N) is 2. The van der Waals surface area contributed by atoms with E-state index in [1.165, 1.54) is 11.8 Å². The first kappa shape index (κ1) is 27.3. The molecule has 1 aliphatic rings. The zero-order valence-corrected chi connectivity index (χ0v) is 22.9. The summed E-state index contributed by atoms with van der Waals surface area (Å²) in [5.41, 5.74) is 3.03. The third kappa shape index (κ3) is 6.66. The lowest BCUT2D eigenvalue weighted by Gasteiger charge is -2.41. The van der Waals surface area contributed by atoms with Crippen molar-refractivity contribution >= 4 is 27.5 Å². The fourth-order valence-corrected chi connectivity index (χ4v) is 6.39. The van der Waals surface area contributed by atoms with Crippen molar-refractivity contribution in [2.75, 3.05) is 10.5 Å². The lowest BCUT2D eigenvalue weighted by molar-refractivity contribution is -0.268. The van der Waals surface area contributed by atoms with Gasteiger partial charge in [0.05, 0.1) is 23.7 Å². The molecular formula is C29H29N3O5S2. The van der Waals surface area contributed by atoms with Gasteiger partial charge in [0.2, 0.25) is 0 Å². The minimum Gasteiger partial charge on any atom is -0.392 e. The number of aliphatic hydroxyl groups excluding tert-OH is 1. The second-order valence-corrected chi connectivity index (χ2v) is 11.9. The van der Waals surface area contributed by atoms with Gasteiger partial charge < -0.3 is 14.6 Å². The Morgan fingerprint density at radius 3 is 2.21 bits per heavy atom. The number of thioether (sulfide) groups is 1. The molecule has 0 unspecified atom stereocenters. The second-order valence-electron chi connectivity index (χ2n) is 9.20. The summed E-state index contributed by atoms with van der Waals surface area (Å²) in [6, 6.07) is 24.8. The number of benzene rings is 3. The predicted octanol–water partition coefficient (Wildman–Crippen LogP) is 5.35. The molecule has 1 fully saturated rings. The average Bonchev–Trinajstić information content (AvgIpc) is 2.98. The third-order valence-electron chi connectivity index (χ3n) is 6.53. The average molecular weight is 564 g/mol. The molecule has 39 heavy (non-hydrogen) atoms. The molecule has 8 nitrogen and oxygen atoms in total. The molecule has 0 aliphatic carbocycles. The zero-order valence-electron chi connectivity index (χ0n) is 21.3. The van der Waals surface area contributed by atoms with Crippen LogP contribution in [0.25, 0.3) is 0 Å². The molecule has 1 aromatic heterocycles. The van der Waals surface area contributed by atoms with Crippen molar-refractivity contribution in [1.29, 1.82) is 0 Å². The summed E-state index contributed by atoms with van der Waals surface area (Å²) in [5, 5.41) is 10.1. The van der Waals surface area contributed by atoms with Gasteiger partial charge in [0.1, 0.15) is 0 Å². The molecule has 1 aliphatic heterocycles. The van der Waals surface area contributed by atoms with Crippen LogP contribution in [0.2, 0.25) is 0 Å². The van der Waals surface area contributed by atoms with Gasteiger partial charge in [-0.25, -0.2) is 18.4 Å². The topological polar surface area (TPSA) is 111 Å². The van der Waals surface area contributed by atoms with Crippen LogP contribution in [-0.4, -0.2) is 35.3 Å². The summed E-state index contributed by atoms with van der Waals surface area (Å²) in [6.07, 6.45) is 2.34. The fourth-order valence-electron chi connectivity index (χ4n) is 4.35. The number of ether oxygens (including phenoxy) is 2. The molecule has 0 spiro atoms. The Hall–Kier alpha value is -3.28. The van der Waals surface area contributed by atoms with Gasteiger partial charge in [-0.3, -0.25) is 4.72 Å². The zero-order chi connectivity index (χ0) is 27.2. The maximum Gasteiger partial charge on any atom is 0.261 e. The van der Waals surface area contributed by atoms with Gasteiger partial charge >= 0.3 is 0 Å². The van der Waals surface area contributed by atoms with Crippen LogP contribution in [-0.2, 0) is 26.1 Å². The first-order chi connectivity index (χ1) is 18.9. The van der Waals surface area contributed by atoms with E-state index >= 15 is 0 Å². The largest absolute Gasteiger partial charge is 0.392 e. The van der Waals surface area contributed by atoms with Crippen LogP contribution >= 0.6 is 11.8 Å². The van der Waals surface area contributed by atoms with Crippen LogP contribution in [0.15, 0.2) is 107 Å². The standard InChI is InChI=1S/C29H29N3O5S2/c1-20-26(19-38-29-30-16-5-17-31-29)36-28(37-27(20)22-10-8-21(18-33)9-11-22)23-12-14-24(15-13-23)32-39(34,35)25-6-3-2-4-7-25/h2-17,20,26-28,32-33H,18-19H2,1H3/t20-,26+,27+,28+/m0/s1. The fraction of sp³-hybridized carbons (Fsp3) is 0.241. The summed E-state index contributed by atoms with van der Waals surface area (Å²) in [4.78, 5) is 8.81. The van der Waals surface area contributed by atoms with Crippen LogP contribution < -0.4 is 4.72 Å². The number of hydrogen-bond acceptors (Lipinski definition) is 8. The Kier molecular flexibility index (Phi) is 8.59. The monoisotopic (exact) mass is 563 g/mol. The van der Waals surface area contributed by atoms with Crippen molar-refractivity contribution in [3.8, 4) is 0 Å². The van der Waals surface area contributed by atoms with Crippen LogP contribution in [0.3, 0.4) is 0 Å². The van der Waals surface area contributed by atoms with E-state index in [-0.39, 0.29) is 29.6 Å². The first-order valence-corrected chi connectivity index (χ1v) is 15.0. The minimum atomic E-state index is -3.70. The van der Waals surface area contributed by atoms with Gasteiger partial charge in [-0.05, 0) is 41.5 Å². The number of hydrogen-bond donors (Lipinski definition) is 2. The molecule has 1 saturated heterocycles. The Balaban J connectivity index is 1.36. The maximum atomic E-state index is 12.7. The molecular weight excluding hydrogens is 534 g/mol.